The van der Waals surface area contributed by atoms with E-state index in [1.807, 2.05) is 0 Å². The number of hydrogen-bond acceptors (Lipinski definition) is 4. The molecule has 2 N–H and O–H groups in total. The number of carboxylic acids is 1. The van der Waals surface area contributed by atoms with Gasteiger partial charge in [-0.25, -0.2) is 22.4 Å². The van der Waals surface area contributed by atoms with Crippen LogP contribution in [0.3, 0.4) is 0 Å². The normalized spacial score (nSPS) is 13.4. The molecule has 0 bridgehead atoms. The molecule has 0 saturated carbocycles. The Morgan fingerprint density at radius 3 is 2.77 bits per heavy atom. The summed E-state index contributed by atoms with van der Waals surface area (Å²) in [7, 11) is -3.41. The monoisotopic (exact) mass is 325 g/mol. The molecule has 0 aliphatic carbocycles. The summed E-state index contributed by atoms with van der Waals surface area (Å²) in [5.41, 5.74) is 1.64. The van der Waals surface area contributed by atoms with Crippen LogP contribution in [-0.4, -0.2) is 34.9 Å². The minimum atomic E-state index is -3.41. The molecule has 0 aliphatic heterocycles. The van der Waals surface area contributed by atoms with Crippen molar-refractivity contribution in [1.82, 2.24) is 14.3 Å². The molecule has 1 unspecified atom stereocenters. The molecule has 0 radical (unpaired) electrons. The number of sulfonamides is 1. The highest BCUT2D eigenvalue weighted by molar-refractivity contribution is 7.89. The Labute approximate surface area is 129 Å². The molecule has 7 nitrogen and oxygen atoms in total. The minimum Gasteiger partial charge on any atom is -0.478 e. The number of aromatic carboxylic acids is 1. The van der Waals surface area contributed by atoms with Crippen LogP contribution in [0.1, 0.15) is 47.9 Å². The number of aromatic nitrogens is 2. The third-order valence-electron chi connectivity index (χ3n) is 3.45. The second kappa shape index (κ2) is 6.05. The highest BCUT2D eigenvalue weighted by atomic mass is 32.2. The summed E-state index contributed by atoms with van der Waals surface area (Å²) in [4.78, 5) is 11.5. The van der Waals surface area contributed by atoms with Crippen molar-refractivity contribution in [3.63, 3.8) is 0 Å². The van der Waals surface area contributed by atoms with Crippen LogP contribution in [0.25, 0.3) is 5.52 Å². The van der Waals surface area contributed by atoms with Crippen molar-refractivity contribution < 1.29 is 18.3 Å². The number of nitrogens with one attached hydrogen (secondary N) is 1. The van der Waals surface area contributed by atoms with Crippen LogP contribution < -0.4 is 4.72 Å². The van der Waals surface area contributed by atoms with E-state index in [4.69, 9.17) is 0 Å². The summed E-state index contributed by atoms with van der Waals surface area (Å²) < 4.78 is 28.0. The number of nitrogens with zero attached hydrogens (tertiary/aromatic N) is 2. The van der Waals surface area contributed by atoms with Gasteiger partial charge in [0.05, 0.1) is 28.6 Å². The van der Waals surface area contributed by atoms with Crippen LogP contribution in [0.4, 0.5) is 0 Å². The Kier molecular flexibility index (Phi) is 4.52. The molecule has 1 atom stereocenters. The first-order valence-electron chi connectivity index (χ1n) is 6.98. The Morgan fingerprint density at radius 1 is 1.50 bits per heavy atom. The number of hydrogen-bond donors (Lipinski definition) is 2. The van der Waals surface area contributed by atoms with Crippen molar-refractivity contribution in [2.24, 2.45) is 0 Å². The molecule has 2 heterocycles. The third-order valence-corrected chi connectivity index (χ3v) is 5.11. The summed E-state index contributed by atoms with van der Waals surface area (Å²) in [5.74, 6) is -1.03. The van der Waals surface area contributed by atoms with E-state index in [1.165, 1.54) is 10.7 Å². The van der Waals surface area contributed by atoms with Crippen molar-refractivity contribution in [2.45, 2.75) is 33.2 Å². The minimum absolute atomic E-state index is 0.0267. The van der Waals surface area contributed by atoms with Gasteiger partial charge in [-0.05, 0) is 38.0 Å². The topological polar surface area (TPSA) is 101 Å². The van der Waals surface area contributed by atoms with Gasteiger partial charge in [0.15, 0.2) is 0 Å². The molecule has 2 rings (SSSR count). The summed E-state index contributed by atoms with van der Waals surface area (Å²) in [6.07, 6.45) is 2.05. The average molecular weight is 325 g/mol. The van der Waals surface area contributed by atoms with Gasteiger partial charge < -0.3 is 5.11 Å². The van der Waals surface area contributed by atoms with Crippen molar-refractivity contribution in [1.29, 1.82) is 0 Å². The fraction of sp³-hybridized carbons (Fsp3) is 0.429. The van der Waals surface area contributed by atoms with E-state index < -0.39 is 22.0 Å². The van der Waals surface area contributed by atoms with Gasteiger partial charge in [0, 0.05) is 6.20 Å². The molecular formula is C14H19N3O4S. The molecule has 0 fully saturated rings. The molecule has 0 saturated heterocycles. The van der Waals surface area contributed by atoms with E-state index in [1.54, 1.807) is 32.9 Å². The van der Waals surface area contributed by atoms with Gasteiger partial charge in [-0.1, -0.05) is 6.92 Å². The van der Waals surface area contributed by atoms with E-state index in [2.05, 4.69) is 9.82 Å². The Bertz CT molecular complexity index is 811. The van der Waals surface area contributed by atoms with Crippen LogP contribution in [0.15, 0.2) is 18.3 Å². The highest BCUT2D eigenvalue weighted by Crippen LogP contribution is 2.27. The van der Waals surface area contributed by atoms with E-state index >= 15 is 0 Å². The lowest BCUT2D eigenvalue weighted by Gasteiger charge is -2.15. The van der Waals surface area contributed by atoms with Crippen molar-refractivity contribution in [3.8, 4) is 0 Å². The first-order chi connectivity index (χ1) is 10.3. The molecule has 0 aromatic carbocycles. The van der Waals surface area contributed by atoms with Crippen molar-refractivity contribution >= 4 is 21.5 Å². The maximum absolute atomic E-state index is 11.9. The quantitative estimate of drug-likeness (QED) is 0.842. The largest absolute Gasteiger partial charge is 0.478 e. The molecule has 8 heteroatoms. The van der Waals surface area contributed by atoms with Gasteiger partial charge in [0.1, 0.15) is 0 Å². The van der Waals surface area contributed by atoms with Gasteiger partial charge in [-0.15, -0.1) is 0 Å². The maximum atomic E-state index is 11.9. The van der Waals surface area contributed by atoms with Crippen LogP contribution in [0.2, 0.25) is 0 Å². The third kappa shape index (κ3) is 2.97. The second-order valence-electron chi connectivity index (χ2n) is 5.17. The molecule has 2 aromatic heterocycles. The predicted octanol–water partition coefficient (Wildman–Crippen LogP) is 1.73. The first kappa shape index (κ1) is 16.4. The smallest absolute Gasteiger partial charge is 0.338 e. The van der Waals surface area contributed by atoms with E-state index in [9.17, 15) is 18.3 Å². The van der Waals surface area contributed by atoms with Crippen LogP contribution in [0, 0.1) is 6.92 Å². The molecule has 0 amide bonds. The molecule has 0 spiro atoms. The van der Waals surface area contributed by atoms with Gasteiger partial charge in [-0.3, -0.25) is 0 Å². The van der Waals surface area contributed by atoms with E-state index in [0.29, 0.717) is 23.2 Å². The lowest BCUT2D eigenvalue weighted by atomic mass is 10.1. The molecule has 22 heavy (non-hydrogen) atoms. The van der Waals surface area contributed by atoms with Gasteiger partial charge >= 0.3 is 5.97 Å². The number of fused-ring (bicyclic) bond motifs is 1. The molecule has 120 valence electrons. The highest BCUT2D eigenvalue weighted by Gasteiger charge is 2.26. The molecular weight excluding hydrogens is 306 g/mol. The Hall–Kier alpha value is -1.93. The Morgan fingerprint density at radius 2 is 2.18 bits per heavy atom. The second-order valence-corrected chi connectivity index (χ2v) is 7.04. The van der Waals surface area contributed by atoms with Gasteiger partial charge in [0.2, 0.25) is 10.0 Å². The summed E-state index contributed by atoms with van der Waals surface area (Å²) >= 11 is 0. The van der Waals surface area contributed by atoms with E-state index in [0.717, 1.165) is 0 Å². The lowest BCUT2D eigenvalue weighted by Crippen LogP contribution is -2.30. The van der Waals surface area contributed by atoms with Crippen LogP contribution in [-0.2, 0) is 10.0 Å². The molecule has 2 aromatic rings. The lowest BCUT2D eigenvalue weighted by molar-refractivity contribution is 0.0698. The van der Waals surface area contributed by atoms with Crippen molar-refractivity contribution in [2.75, 3.05) is 5.75 Å². The summed E-state index contributed by atoms with van der Waals surface area (Å²) in [6.45, 7) is 5.13. The first-order valence-corrected chi connectivity index (χ1v) is 8.63. The van der Waals surface area contributed by atoms with Gasteiger partial charge in [0.25, 0.3) is 0 Å². The number of rotatable bonds is 6. The fourth-order valence-electron chi connectivity index (χ4n) is 2.66. The predicted molar refractivity (Wildman–Crippen MR) is 82.5 cm³/mol. The van der Waals surface area contributed by atoms with Gasteiger partial charge in [-0.2, -0.15) is 5.10 Å². The summed E-state index contributed by atoms with van der Waals surface area (Å²) in [5, 5.41) is 13.6. The van der Waals surface area contributed by atoms with Crippen LogP contribution in [0.5, 0.6) is 0 Å². The fourth-order valence-corrected chi connectivity index (χ4v) is 3.97. The van der Waals surface area contributed by atoms with Crippen molar-refractivity contribution in [3.05, 3.63) is 35.2 Å². The standard InChI is InChI=1S/C14H19N3O4S/c1-4-8-22(20,21)16-10(3)13-9(2)12(14(18)19)11-6-5-7-15-17(11)13/h5-7,10,16H,4,8H2,1-3H3,(H,18,19). The summed E-state index contributed by atoms with van der Waals surface area (Å²) in [6, 6.07) is 2.73. The SMILES string of the molecule is CCCS(=O)(=O)NC(C)c1c(C)c(C(=O)O)c2cccnn12. The maximum Gasteiger partial charge on any atom is 0.338 e. The zero-order chi connectivity index (χ0) is 16.5. The van der Waals surface area contributed by atoms with E-state index in [-0.39, 0.29) is 11.3 Å². The number of carbonyl (C=O) groups is 1. The Balaban J connectivity index is 2.56. The van der Waals surface area contributed by atoms with Crippen LogP contribution >= 0.6 is 0 Å². The molecule has 0 aliphatic rings. The number of carboxylic acid groups (broad SMARTS) is 1. The average Bonchev–Trinajstić information content (AvgIpc) is 2.69. The zero-order valence-electron chi connectivity index (χ0n) is 12.7. The zero-order valence-corrected chi connectivity index (χ0v) is 13.5.